The molecule has 1 aromatic heterocycles. The number of anilines is 1. The minimum Gasteiger partial charge on any atom is -0.733 e. The van der Waals surface area contributed by atoms with Gasteiger partial charge in [-0.3, -0.25) is 19.8 Å². The second-order valence-corrected chi connectivity index (χ2v) is 4.81. The Hall–Kier alpha value is -2.77. The van der Waals surface area contributed by atoms with Gasteiger partial charge in [0.2, 0.25) is 0 Å². The Morgan fingerprint density at radius 1 is 1.32 bits per heavy atom. The molecule has 2 N–H and O–H groups in total. The molecule has 7 nitrogen and oxygen atoms in total. The number of nitrogens with zero attached hydrogens (tertiary/aromatic N) is 2. The molecular weight excluding hydrogens is 286 g/mol. The summed E-state index contributed by atoms with van der Waals surface area (Å²) in [5.74, 6) is 0.725. The predicted octanol–water partition coefficient (Wildman–Crippen LogP) is 2.08. The smallest absolute Gasteiger partial charge is 0.272 e. The van der Waals surface area contributed by atoms with Crippen LogP contribution in [-0.4, -0.2) is 22.1 Å². The Labute approximate surface area is 125 Å². The van der Waals surface area contributed by atoms with E-state index in [9.17, 15) is 10.0 Å². The van der Waals surface area contributed by atoms with Gasteiger partial charge in [0.05, 0.1) is 30.2 Å². The summed E-state index contributed by atoms with van der Waals surface area (Å²) in [5.41, 5.74) is 1.23. The molecular formula is C15H14N3O4-. The third-order valence-electron chi connectivity index (χ3n) is 3.49. The number of ether oxygens (including phenoxy) is 1. The van der Waals surface area contributed by atoms with Gasteiger partial charge < -0.3 is 15.2 Å². The molecule has 3 aromatic rings. The third kappa shape index (κ3) is 2.43. The van der Waals surface area contributed by atoms with Crippen molar-refractivity contribution in [2.45, 2.75) is 6.54 Å². The van der Waals surface area contributed by atoms with Gasteiger partial charge in [-0.2, -0.15) is 0 Å². The van der Waals surface area contributed by atoms with E-state index in [1.165, 1.54) is 12.1 Å². The number of rotatable bonds is 4. The second-order valence-electron chi connectivity index (χ2n) is 4.81. The lowest BCUT2D eigenvalue weighted by Gasteiger charge is -2.21. The molecule has 1 heterocycles. The van der Waals surface area contributed by atoms with E-state index in [0.717, 1.165) is 11.3 Å². The zero-order valence-corrected chi connectivity index (χ0v) is 11.8. The van der Waals surface area contributed by atoms with E-state index < -0.39 is 0 Å². The molecule has 0 saturated heterocycles. The standard InChI is InChI=1S/C15H14N3O4/c1-22-14-5-3-2-4-10(14)9-17-13-7-6-11(18(20)21)8-12(13)15(19)16-17/h2-8,20H,9H2,1H3,(H,16,19)/q-1. The van der Waals surface area contributed by atoms with Crippen molar-refractivity contribution in [1.29, 1.82) is 0 Å². The monoisotopic (exact) mass is 300 g/mol. The van der Waals surface area contributed by atoms with Crippen molar-refractivity contribution in [2.24, 2.45) is 0 Å². The van der Waals surface area contributed by atoms with Crippen molar-refractivity contribution in [1.82, 2.24) is 9.78 Å². The number of benzene rings is 2. The van der Waals surface area contributed by atoms with Gasteiger partial charge in [-0.15, -0.1) is 0 Å². The number of aromatic amines is 1. The minimum atomic E-state index is -0.325. The zero-order valence-electron chi connectivity index (χ0n) is 11.8. The maximum absolute atomic E-state index is 12.0. The summed E-state index contributed by atoms with van der Waals surface area (Å²) in [6.45, 7) is 0.419. The molecule has 0 aliphatic rings. The van der Waals surface area contributed by atoms with Crippen LogP contribution in [0.4, 0.5) is 5.69 Å². The van der Waals surface area contributed by atoms with Crippen LogP contribution in [-0.2, 0) is 6.54 Å². The van der Waals surface area contributed by atoms with Crippen LogP contribution in [0.15, 0.2) is 47.3 Å². The largest absolute Gasteiger partial charge is 0.733 e. The molecule has 0 saturated carbocycles. The molecule has 0 fully saturated rings. The maximum Gasteiger partial charge on any atom is 0.272 e. The molecule has 0 amide bonds. The van der Waals surface area contributed by atoms with E-state index in [2.05, 4.69) is 5.10 Å². The molecule has 0 aliphatic carbocycles. The van der Waals surface area contributed by atoms with Crippen LogP contribution in [0.25, 0.3) is 10.9 Å². The first-order valence-corrected chi connectivity index (χ1v) is 6.61. The lowest BCUT2D eigenvalue weighted by atomic mass is 10.2. The molecule has 0 atom stereocenters. The van der Waals surface area contributed by atoms with Crippen molar-refractivity contribution >= 4 is 16.6 Å². The van der Waals surface area contributed by atoms with E-state index in [-0.39, 0.29) is 16.5 Å². The number of hydrogen-bond donors (Lipinski definition) is 2. The normalized spacial score (nSPS) is 10.9. The van der Waals surface area contributed by atoms with E-state index in [4.69, 9.17) is 9.94 Å². The van der Waals surface area contributed by atoms with E-state index in [0.29, 0.717) is 17.4 Å². The van der Waals surface area contributed by atoms with Crippen molar-refractivity contribution in [3.63, 3.8) is 0 Å². The predicted molar refractivity (Wildman–Crippen MR) is 82.3 cm³/mol. The van der Waals surface area contributed by atoms with Crippen molar-refractivity contribution in [3.8, 4) is 5.75 Å². The summed E-state index contributed by atoms with van der Waals surface area (Å²) in [6.07, 6.45) is 0. The summed E-state index contributed by atoms with van der Waals surface area (Å²) < 4.78 is 6.97. The fourth-order valence-electron chi connectivity index (χ4n) is 2.43. The number of para-hydroxylation sites is 1. The number of H-pyrrole nitrogens is 1. The van der Waals surface area contributed by atoms with Crippen LogP contribution in [0.2, 0.25) is 0 Å². The SMILES string of the molecule is COc1ccccc1Cn1[nH]c(=O)c2cc(N([O-])O)ccc21. The van der Waals surface area contributed by atoms with Gasteiger partial charge in [0.1, 0.15) is 5.75 Å². The van der Waals surface area contributed by atoms with Gasteiger partial charge in [0.25, 0.3) is 5.56 Å². The Morgan fingerprint density at radius 2 is 2.09 bits per heavy atom. The number of aromatic nitrogens is 2. The van der Waals surface area contributed by atoms with Crippen LogP contribution in [0.3, 0.4) is 0 Å². The van der Waals surface area contributed by atoms with Gasteiger partial charge in [-0.05, 0) is 24.3 Å². The molecule has 0 spiro atoms. The Kier molecular flexibility index (Phi) is 3.58. The molecule has 22 heavy (non-hydrogen) atoms. The highest BCUT2D eigenvalue weighted by atomic mass is 16.8. The number of hydrogen-bond acceptors (Lipinski definition) is 5. The maximum atomic E-state index is 12.0. The fourth-order valence-corrected chi connectivity index (χ4v) is 2.43. The molecule has 114 valence electrons. The Balaban J connectivity index is 2.07. The van der Waals surface area contributed by atoms with Crippen LogP contribution >= 0.6 is 0 Å². The Bertz CT molecular complexity index is 867. The fraction of sp³-hybridized carbons (Fsp3) is 0.133. The van der Waals surface area contributed by atoms with Gasteiger partial charge in [0.15, 0.2) is 0 Å². The highest BCUT2D eigenvalue weighted by Gasteiger charge is 2.10. The molecule has 0 radical (unpaired) electrons. The summed E-state index contributed by atoms with van der Waals surface area (Å²) in [7, 11) is 1.59. The molecule has 0 bridgehead atoms. The number of nitrogens with one attached hydrogen (secondary N) is 1. The van der Waals surface area contributed by atoms with Gasteiger partial charge in [0, 0.05) is 5.56 Å². The van der Waals surface area contributed by atoms with Crippen molar-refractivity contribution < 1.29 is 9.94 Å². The summed E-state index contributed by atoms with van der Waals surface area (Å²) in [5, 5.41) is 22.6. The molecule has 3 rings (SSSR count). The lowest BCUT2D eigenvalue weighted by Crippen LogP contribution is -2.07. The lowest BCUT2D eigenvalue weighted by molar-refractivity contribution is 0.296. The van der Waals surface area contributed by atoms with E-state index in [1.54, 1.807) is 17.9 Å². The van der Waals surface area contributed by atoms with Crippen LogP contribution < -0.4 is 15.5 Å². The second kappa shape index (κ2) is 5.55. The van der Waals surface area contributed by atoms with Crippen LogP contribution in [0.5, 0.6) is 5.75 Å². The average molecular weight is 300 g/mol. The third-order valence-corrected chi connectivity index (χ3v) is 3.49. The Morgan fingerprint density at radius 3 is 2.82 bits per heavy atom. The minimum absolute atomic E-state index is 0.00745. The average Bonchev–Trinajstić information content (AvgIpc) is 2.83. The van der Waals surface area contributed by atoms with Gasteiger partial charge >= 0.3 is 0 Å². The molecule has 0 unspecified atom stereocenters. The number of fused-ring (bicyclic) bond motifs is 1. The summed E-state index contributed by atoms with van der Waals surface area (Å²) in [6, 6.07) is 11.9. The first-order valence-electron chi connectivity index (χ1n) is 6.61. The van der Waals surface area contributed by atoms with Crippen LogP contribution in [0, 0.1) is 5.21 Å². The van der Waals surface area contributed by atoms with Crippen molar-refractivity contribution in [2.75, 3.05) is 12.3 Å². The summed E-state index contributed by atoms with van der Waals surface area (Å²) in [4.78, 5) is 12.0. The first kappa shape index (κ1) is 14.2. The number of methoxy groups -OCH3 is 1. The van der Waals surface area contributed by atoms with Gasteiger partial charge in [-0.25, -0.2) is 0 Å². The molecule has 7 heteroatoms. The molecule has 2 aromatic carbocycles. The highest BCUT2D eigenvalue weighted by molar-refractivity contribution is 5.82. The summed E-state index contributed by atoms with van der Waals surface area (Å²) >= 11 is 0. The quantitative estimate of drug-likeness (QED) is 0.719. The van der Waals surface area contributed by atoms with E-state index >= 15 is 0 Å². The van der Waals surface area contributed by atoms with Crippen molar-refractivity contribution in [3.05, 3.63) is 63.6 Å². The highest BCUT2D eigenvalue weighted by Crippen LogP contribution is 2.22. The van der Waals surface area contributed by atoms with Gasteiger partial charge in [-0.1, -0.05) is 18.2 Å². The molecule has 0 aliphatic heterocycles. The first-order chi connectivity index (χ1) is 10.6. The van der Waals surface area contributed by atoms with E-state index in [1.807, 2.05) is 24.3 Å². The zero-order chi connectivity index (χ0) is 15.7. The van der Waals surface area contributed by atoms with Crippen LogP contribution in [0.1, 0.15) is 5.56 Å². The topological polar surface area (TPSA) is 93.5 Å².